The third-order valence-corrected chi connectivity index (χ3v) is 5.75. The van der Waals surface area contributed by atoms with E-state index in [0.29, 0.717) is 18.9 Å². The summed E-state index contributed by atoms with van der Waals surface area (Å²) in [6.07, 6.45) is 3.97. The third kappa shape index (κ3) is 7.29. The molecule has 1 heterocycles. The number of amides is 2. The van der Waals surface area contributed by atoms with Crippen molar-refractivity contribution < 1.29 is 14.3 Å². The molecule has 2 amide bonds. The highest BCUT2D eigenvalue weighted by Gasteiger charge is 2.15. The van der Waals surface area contributed by atoms with Crippen LogP contribution in [0, 0.1) is 13.8 Å². The molecule has 2 aromatic carbocycles. The lowest BCUT2D eigenvalue weighted by Gasteiger charge is -2.20. The van der Waals surface area contributed by atoms with Crippen LogP contribution < -0.4 is 10.1 Å². The van der Waals surface area contributed by atoms with E-state index in [1.54, 1.807) is 22.3 Å². The zero-order valence-electron chi connectivity index (χ0n) is 19.2. The quantitative estimate of drug-likeness (QED) is 0.418. The van der Waals surface area contributed by atoms with Crippen LogP contribution in [-0.4, -0.2) is 34.8 Å². The first-order chi connectivity index (χ1) is 16.0. The highest BCUT2D eigenvalue weighted by atomic mass is 32.1. The largest absolute Gasteiger partial charge is 0.487 e. The minimum atomic E-state index is -0.221. The lowest BCUT2D eigenvalue weighted by molar-refractivity contribution is -0.130. The molecule has 0 aliphatic heterocycles. The molecule has 0 aliphatic carbocycles. The molecular weight excluding hydrogens is 434 g/mol. The van der Waals surface area contributed by atoms with Crippen molar-refractivity contribution in [2.75, 3.05) is 18.4 Å². The summed E-state index contributed by atoms with van der Waals surface area (Å²) in [6, 6.07) is 15.1. The van der Waals surface area contributed by atoms with Gasteiger partial charge in [0.2, 0.25) is 11.8 Å². The van der Waals surface area contributed by atoms with Crippen LogP contribution in [0.2, 0.25) is 0 Å². The highest BCUT2D eigenvalue weighted by Crippen LogP contribution is 2.21. The second-order valence-corrected chi connectivity index (χ2v) is 8.70. The average Bonchev–Trinajstić information content (AvgIpc) is 3.23. The standard InChI is InChI=1S/C26H29N3O3S/c1-4-15-29(16-25(30)28-23-11-7-5-9-19(23)2)26(31)14-13-21-10-6-8-12-24(21)32-17-22-18-33-20(3)27-22/h5-14,18H,4,15-17H2,1-3H3,(H,28,30)/b14-13+. The van der Waals surface area contributed by atoms with Crippen molar-refractivity contribution in [2.24, 2.45) is 0 Å². The first-order valence-corrected chi connectivity index (χ1v) is 11.8. The van der Waals surface area contributed by atoms with Gasteiger partial charge in [0.05, 0.1) is 10.7 Å². The Labute approximate surface area is 198 Å². The molecule has 172 valence electrons. The number of rotatable bonds is 10. The zero-order valence-corrected chi connectivity index (χ0v) is 20.0. The van der Waals surface area contributed by atoms with Crippen molar-refractivity contribution in [2.45, 2.75) is 33.8 Å². The summed E-state index contributed by atoms with van der Waals surface area (Å²) in [6.45, 7) is 6.72. The first-order valence-electron chi connectivity index (χ1n) is 10.9. The number of aromatic nitrogens is 1. The molecule has 0 aliphatic rings. The Bertz CT molecular complexity index is 1120. The van der Waals surface area contributed by atoms with E-state index in [0.717, 1.165) is 33.9 Å². The lowest BCUT2D eigenvalue weighted by atomic mass is 10.2. The Morgan fingerprint density at radius 1 is 1.12 bits per heavy atom. The predicted octanol–water partition coefficient (Wildman–Crippen LogP) is 5.23. The number of para-hydroxylation sites is 2. The summed E-state index contributed by atoms with van der Waals surface area (Å²) in [5.41, 5.74) is 3.40. The molecule has 0 atom stereocenters. The smallest absolute Gasteiger partial charge is 0.247 e. The summed E-state index contributed by atoms with van der Waals surface area (Å²) in [7, 11) is 0. The molecule has 0 bridgehead atoms. The molecule has 0 unspecified atom stereocenters. The van der Waals surface area contributed by atoms with Gasteiger partial charge >= 0.3 is 0 Å². The van der Waals surface area contributed by atoms with Crippen molar-refractivity contribution in [3.63, 3.8) is 0 Å². The second-order valence-electron chi connectivity index (χ2n) is 7.64. The number of benzene rings is 2. The summed E-state index contributed by atoms with van der Waals surface area (Å²) in [5.74, 6) is 0.232. The van der Waals surface area contributed by atoms with Gasteiger partial charge < -0.3 is 15.0 Å². The number of aryl methyl sites for hydroxylation is 2. The maximum absolute atomic E-state index is 12.9. The molecular formula is C26H29N3O3S. The van der Waals surface area contributed by atoms with Gasteiger partial charge in [0, 0.05) is 29.3 Å². The Morgan fingerprint density at radius 2 is 1.88 bits per heavy atom. The molecule has 6 nitrogen and oxygen atoms in total. The predicted molar refractivity (Wildman–Crippen MR) is 133 cm³/mol. The summed E-state index contributed by atoms with van der Waals surface area (Å²) < 4.78 is 5.92. The lowest BCUT2D eigenvalue weighted by Crippen LogP contribution is -2.37. The molecule has 3 rings (SSSR count). The van der Waals surface area contributed by atoms with Crippen LogP contribution in [-0.2, 0) is 16.2 Å². The van der Waals surface area contributed by atoms with Crippen LogP contribution in [0.15, 0.2) is 60.0 Å². The Morgan fingerprint density at radius 3 is 2.61 bits per heavy atom. The SMILES string of the molecule is CCCN(CC(=O)Nc1ccccc1C)C(=O)/C=C/c1ccccc1OCc1csc(C)n1. The van der Waals surface area contributed by atoms with Crippen molar-refractivity contribution in [1.29, 1.82) is 0 Å². The molecule has 0 saturated carbocycles. The van der Waals surface area contributed by atoms with E-state index >= 15 is 0 Å². The Kier molecular flexibility index (Phi) is 8.78. The van der Waals surface area contributed by atoms with Crippen LogP contribution in [0.5, 0.6) is 5.75 Å². The summed E-state index contributed by atoms with van der Waals surface area (Å²) >= 11 is 1.58. The number of ether oxygens (including phenoxy) is 1. The van der Waals surface area contributed by atoms with Gasteiger partial charge in [0.15, 0.2) is 0 Å². The van der Waals surface area contributed by atoms with Crippen molar-refractivity contribution in [3.05, 3.63) is 81.8 Å². The van der Waals surface area contributed by atoms with Crippen molar-refractivity contribution in [1.82, 2.24) is 9.88 Å². The van der Waals surface area contributed by atoms with E-state index < -0.39 is 0 Å². The first kappa shape index (κ1) is 24.2. The Balaban J connectivity index is 1.64. The molecule has 3 aromatic rings. The molecule has 0 fully saturated rings. The number of hydrogen-bond donors (Lipinski definition) is 1. The van der Waals surface area contributed by atoms with Gasteiger partial charge in [-0.3, -0.25) is 9.59 Å². The number of hydrogen-bond acceptors (Lipinski definition) is 5. The van der Waals surface area contributed by atoms with Crippen LogP contribution in [0.4, 0.5) is 5.69 Å². The fourth-order valence-corrected chi connectivity index (χ4v) is 3.85. The van der Waals surface area contributed by atoms with Crippen LogP contribution in [0.1, 0.15) is 35.2 Å². The van der Waals surface area contributed by atoms with Gasteiger partial charge in [0.1, 0.15) is 18.9 Å². The minimum Gasteiger partial charge on any atom is -0.487 e. The van der Waals surface area contributed by atoms with Gasteiger partial charge in [-0.1, -0.05) is 43.3 Å². The van der Waals surface area contributed by atoms with Crippen LogP contribution in [0.25, 0.3) is 6.08 Å². The average molecular weight is 464 g/mol. The van der Waals surface area contributed by atoms with E-state index in [4.69, 9.17) is 4.74 Å². The van der Waals surface area contributed by atoms with Gasteiger partial charge in [-0.15, -0.1) is 11.3 Å². The van der Waals surface area contributed by atoms with Gasteiger partial charge in [-0.05, 0) is 44.0 Å². The molecule has 0 spiro atoms. The molecule has 1 aromatic heterocycles. The molecule has 7 heteroatoms. The maximum atomic E-state index is 12.9. The van der Waals surface area contributed by atoms with Crippen molar-refractivity contribution >= 4 is 34.9 Å². The molecule has 0 saturated heterocycles. The van der Waals surface area contributed by atoms with Gasteiger partial charge in [-0.2, -0.15) is 0 Å². The second kappa shape index (κ2) is 12.0. The van der Waals surface area contributed by atoms with E-state index in [1.165, 1.54) is 6.08 Å². The van der Waals surface area contributed by atoms with Crippen LogP contribution >= 0.6 is 11.3 Å². The van der Waals surface area contributed by atoms with E-state index in [2.05, 4.69) is 10.3 Å². The monoisotopic (exact) mass is 463 g/mol. The van der Waals surface area contributed by atoms with E-state index in [-0.39, 0.29) is 18.4 Å². The van der Waals surface area contributed by atoms with Crippen molar-refractivity contribution in [3.8, 4) is 5.75 Å². The number of carbonyl (C=O) groups is 2. The number of carbonyl (C=O) groups excluding carboxylic acids is 2. The van der Waals surface area contributed by atoms with Gasteiger partial charge in [-0.25, -0.2) is 4.98 Å². The zero-order chi connectivity index (χ0) is 23.6. The molecule has 33 heavy (non-hydrogen) atoms. The molecule has 1 N–H and O–H groups in total. The number of anilines is 1. The fraction of sp³-hybridized carbons (Fsp3) is 0.269. The molecule has 0 radical (unpaired) electrons. The van der Waals surface area contributed by atoms with Crippen LogP contribution in [0.3, 0.4) is 0 Å². The highest BCUT2D eigenvalue weighted by molar-refractivity contribution is 7.09. The van der Waals surface area contributed by atoms with Gasteiger partial charge in [0.25, 0.3) is 0 Å². The Hall–Kier alpha value is -3.45. The number of thiazole rings is 1. The maximum Gasteiger partial charge on any atom is 0.247 e. The minimum absolute atomic E-state index is 0.00727. The topological polar surface area (TPSA) is 71.5 Å². The van der Waals surface area contributed by atoms with E-state index in [9.17, 15) is 9.59 Å². The van der Waals surface area contributed by atoms with E-state index in [1.807, 2.05) is 74.7 Å². The number of nitrogens with one attached hydrogen (secondary N) is 1. The summed E-state index contributed by atoms with van der Waals surface area (Å²) in [5, 5.41) is 5.86. The fourth-order valence-electron chi connectivity index (χ4n) is 3.26. The normalized spacial score (nSPS) is 10.9. The number of nitrogens with zero attached hydrogens (tertiary/aromatic N) is 2. The third-order valence-electron chi connectivity index (χ3n) is 4.93. The summed E-state index contributed by atoms with van der Waals surface area (Å²) in [4.78, 5) is 31.4.